The number of aromatic nitrogens is 2. The summed E-state index contributed by atoms with van der Waals surface area (Å²) in [6.45, 7) is 3.00. The Morgan fingerprint density at radius 2 is 2.09 bits per heavy atom. The van der Waals surface area contributed by atoms with E-state index in [1.807, 2.05) is 13.0 Å². The molecule has 2 aromatic carbocycles. The Morgan fingerprint density at radius 1 is 1.28 bits per heavy atom. The van der Waals surface area contributed by atoms with Crippen molar-refractivity contribution >= 4 is 46.0 Å². The lowest BCUT2D eigenvalue weighted by molar-refractivity contribution is 0.0630. The van der Waals surface area contributed by atoms with Crippen molar-refractivity contribution in [1.29, 1.82) is 0 Å². The van der Waals surface area contributed by atoms with Gasteiger partial charge >= 0.3 is 0 Å². The zero-order valence-corrected chi connectivity index (χ0v) is 19.3. The Bertz CT molecular complexity index is 1160. The Labute approximate surface area is 196 Å². The summed E-state index contributed by atoms with van der Waals surface area (Å²) in [5.74, 6) is 0.165. The van der Waals surface area contributed by atoms with Gasteiger partial charge in [0.05, 0.1) is 40.3 Å². The summed E-state index contributed by atoms with van der Waals surface area (Å²) < 4.78 is 5.23. The normalized spacial score (nSPS) is 17.0. The third-order valence-electron chi connectivity index (χ3n) is 5.68. The molecule has 2 N–H and O–H groups in total. The Balaban J connectivity index is 1.47. The van der Waals surface area contributed by atoms with Crippen LogP contribution in [0.2, 0.25) is 10.0 Å². The van der Waals surface area contributed by atoms with Crippen LogP contribution in [0.25, 0.3) is 11.0 Å². The van der Waals surface area contributed by atoms with Gasteiger partial charge in [-0.3, -0.25) is 9.59 Å². The number of H-pyrrole nitrogens is 1. The van der Waals surface area contributed by atoms with Crippen LogP contribution in [0.15, 0.2) is 36.4 Å². The predicted octanol–water partition coefficient (Wildman–Crippen LogP) is 4.61. The maximum Gasteiger partial charge on any atom is 0.255 e. The molecule has 2 heterocycles. The molecule has 0 spiro atoms. The third-order valence-corrected chi connectivity index (χ3v) is 6.23. The number of likely N-dealkylation sites (tertiary alicyclic amines) is 1. The summed E-state index contributed by atoms with van der Waals surface area (Å²) in [5, 5.41) is 3.75. The Hall–Kier alpha value is -2.61. The second kappa shape index (κ2) is 9.48. The molecule has 32 heavy (non-hydrogen) atoms. The van der Waals surface area contributed by atoms with Crippen LogP contribution in [-0.4, -0.2) is 53.0 Å². The van der Waals surface area contributed by atoms with Crippen molar-refractivity contribution in [2.75, 3.05) is 20.3 Å². The third kappa shape index (κ3) is 4.60. The number of fused-ring (bicyclic) bond motifs is 1. The van der Waals surface area contributed by atoms with Crippen LogP contribution < -0.4 is 5.32 Å². The molecule has 1 aliphatic heterocycles. The minimum Gasteiger partial charge on any atom is -0.383 e. The molecule has 1 saturated heterocycles. The van der Waals surface area contributed by atoms with Gasteiger partial charge in [0, 0.05) is 24.2 Å². The van der Waals surface area contributed by atoms with Gasteiger partial charge in [-0.15, -0.1) is 0 Å². The fourth-order valence-electron chi connectivity index (χ4n) is 4.01. The lowest BCUT2D eigenvalue weighted by Crippen LogP contribution is -2.38. The molecule has 0 unspecified atom stereocenters. The topological polar surface area (TPSA) is 87.3 Å². The summed E-state index contributed by atoms with van der Waals surface area (Å²) >= 11 is 12.4. The number of benzene rings is 2. The van der Waals surface area contributed by atoms with Gasteiger partial charge in [-0.1, -0.05) is 23.2 Å². The number of methoxy groups -OCH3 is 1. The lowest BCUT2D eigenvalue weighted by atomic mass is 10.1. The van der Waals surface area contributed by atoms with Crippen LogP contribution in [0, 0.1) is 0 Å². The van der Waals surface area contributed by atoms with E-state index in [0.29, 0.717) is 35.1 Å². The van der Waals surface area contributed by atoms with Crippen LogP contribution in [0.3, 0.4) is 0 Å². The number of hydrogen-bond acceptors (Lipinski definition) is 4. The van der Waals surface area contributed by atoms with E-state index in [2.05, 4.69) is 15.3 Å². The number of nitrogens with zero attached hydrogens (tertiary/aromatic N) is 2. The highest BCUT2D eigenvalue weighted by Gasteiger charge is 2.30. The number of carbonyl (C=O) groups excluding carboxylic acids is 2. The van der Waals surface area contributed by atoms with E-state index >= 15 is 0 Å². The number of halogens is 2. The lowest BCUT2D eigenvalue weighted by Gasteiger charge is -2.24. The molecule has 0 bridgehead atoms. The van der Waals surface area contributed by atoms with Crippen LogP contribution in [-0.2, 0) is 4.74 Å². The number of ether oxygens (including phenoxy) is 1. The maximum atomic E-state index is 13.0. The summed E-state index contributed by atoms with van der Waals surface area (Å²) in [7, 11) is 1.63. The van der Waals surface area contributed by atoms with E-state index in [0.717, 1.165) is 23.9 Å². The highest BCUT2D eigenvalue weighted by molar-refractivity contribution is 6.34. The van der Waals surface area contributed by atoms with Gasteiger partial charge < -0.3 is 19.9 Å². The number of carbonyl (C=O) groups is 2. The van der Waals surface area contributed by atoms with Crippen molar-refractivity contribution in [3.05, 3.63) is 63.4 Å². The van der Waals surface area contributed by atoms with Crippen LogP contribution in [0.4, 0.5) is 0 Å². The van der Waals surface area contributed by atoms with E-state index in [-0.39, 0.29) is 28.9 Å². The standard InChI is InChI=1S/C23H24Cl2N4O3/c1-13(21-27-19-8-6-15(24)11-20(19)28-21)26-22(30)14-5-7-17(18(25)10-14)23(31)29-9-3-4-16(29)12-32-2/h5-8,10-11,13,16H,3-4,9,12H2,1-2H3,(H,26,30)(H,27,28)/t13-,16-/m1/s1. The Morgan fingerprint density at radius 3 is 2.84 bits per heavy atom. The van der Waals surface area contributed by atoms with Crippen molar-refractivity contribution in [3.8, 4) is 0 Å². The quantitative estimate of drug-likeness (QED) is 0.545. The predicted molar refractivity (Wildman–Crippen MR) is 124 cm³/mol. The minimum absolute atomic E-state index is 0.0473. The van der Waals surface area contributed by atoms with Crippen molar-refractivity contribution < 1.29 is 14.3 Å². The first-order valence-electron chi connectivity index (χ1n) is 10.4. The second-order valence-corrected chi connectivity index (χ2v) is 8.77. The van der Waals surface area contributed by atoms with E-state index in [4.69, 9.17) is 27.9 Å². The van der Waals surface area contributed by atoms with E-state index in [1.54, 1.807) is 36.3 Å². The molecule has 9 heteroatoms. The fraction of sp³-hybridized carbons (Fsp3) is 0.348. The zero-order valence-electron chi connectivity index (χ0n) is 17.8. The maximum absolute atomic E-state index is 13.0. The summed E-state index contributed by atoms with van der Waals surface area (Å²) in [6.07, 6.45) is 1.84. The highest BCUT2D eigenvalue weighted by atomic mass is 35.5. The number of nitrogens with one attached hydrogen (secondary N) is 2. The van der Waals surface area contributed by atoms with Gasteiger partial charge in [0.1, 0.15) is 5.82 Å². The smallest absolute Gasteiger partial charge is 0.255 e. The SMILES string of the molecule is COC[C@H]1CCCN1C(=O)c1ccc(C(=O)N[C@H](C)c2nc3cc(Cl)ccc3[nH]2)cc1Cl. The van der Waals surface area contributed by atoms with E-state index in [9.17, 15) is 9.59 Å². The molecule has 4 rings (SSSR count). The number of rotatable bonds is 6. The molecule has 168 valence electrons. The first-order valence-corrected chi connectivity index (χ1v) is 11.2. The number of imidazole rings is 1. The molecular formula is C23H24Cl2N4O3. The largest absolute Gasteiger partial charge is 0.383 e. The first-order chi connectivity index (χ1) is 15.4. The van der Waals surface area contributed by atoms with E-state index in [1.165, 1.54) is 6.07 Å². The van der Waals surface area contributed by atoms with Gasteiger partial charge in [0.25, 0.3) is 11.8 Å². The first kappa shape index (κ1) is 22.6. The number of amides is 2. The van der Waals surface area contributed by atoms with Crippen molar-refractivity contribution in [2.24, 2.45) is 0 Å². The summed E-state index contributed by atoms with van der Waals surface area (Å²) in [5.41, 5.74) is 2.32. The molecule has 1 fully saturated rings. The van der Waals surface area contributed by atoms with Crippen molar-refractivity contribution in [1.82, 2.24) is 20.2 Å². The molecular weight excluding hydrogens is 451 g/mol. The minimum atomic E-state index is -0.367. The molecule has 7 nitrogen and oxygen atoms in total. The molecule has 0 radical (unpaired) electrons. The average Bonchev–Trinajstić information content (AvgIpc) is 3.40. The number of hydrogen-bond donors (Lipinski definition) is 2. The summed E-state index contributed by atoms with van der Waals surface area (Å²) in [4.78, 5) is 35.2. The monoisotopic (exact) mass is 474 g/mol. The number of aromatic amines is 1. The van der Waals surface area contributed by atoms with Gasteiger partial charge in [0.2, 0.25) is 0 Å². The second-order valence-electron chi connectivity index (χ2n) is 7.92. The van der Waals surface area contributed by atoms with Crippen molar-refractivity contribution in [3.63, 3.8) is 0 Å². The van der Waals surface area contributed by atoms with Gasteiger partial charge in [-0.25, -0.2) is 4.98 Å². The molecule has 0 saturated carbocycles. The molecule has 2 atom stereocenters. The Kier molecular flexibility index (Phi) is 6.69. The van der Waals surface area contributed by atoms with Crippen LogP contribution in [0.5, 0.6) is 0 Å². The summed E-state index contributed by atoms with van der Waals surface area (Å²) in [6, 6.07) is 9.81. The molecule has 2 amide bonds. The molecule has 3 aromatic rings. The zero-order chi connectivity index (χ0) is 22.8. The van der Waals surface area contributed by atoms with Gasteiger partial charge in [0.15, 0.2) is 0 Å². The van der Waals surface area contributed by atoms with Crippen LogP contribution in [0.1, 0.15) is 52.3 Å². The van der Waals surface area contributed by atoms with E-state index < -0.39 is 0 Å². The molecule has 1 aliphatic rings. The highest BCUT2D eigenvalue weighted by Crippen LogP contribution is 2.26. The van der Waals surface area contributed by atoms with Crippen molar-refractivity contribution in [2.45, 2.75) is 31.8 Å². The van der Waals surface area contributed by atoms with Gasteiger partial charge in [-0.05, 0) is 56.2 Å². The fourth-order valence-corrected chi connectivity index (χ4v) is 4.43. The molecule has 1 aromatic heterocycles. The average molecular weight is 475 g/mol. The van der Waals surface area contributed by atoms with Crippen LogP contribution >= 0.6 is 23.2 Å². The van der Waals surface area contributed by atoms with Gasteiger partial charge in [-0.2, -0.15) is 0 Å². The molecule has 0 aliphatic carbocycles.